The number of nitrogens with zero attached hydrogens (tertiary/aromatic N) is 9. The van der Waals surface area contributed by atoms with Crippen LogP contribution in [0.2, 0.25) is 0 Å². The van der Waals surface area contributed by atoms with Crippen molar-refractivity contribution in [2.75, 3.05) is 0 Å². The van der Waals surface area contributed by atoms with Crippen molar-refractivity contribution >= 4 is 142 Å². The smallest absolute Gasteiger partial charge is 0.234 e. The van der Waals surface area contributed by atoms with E-state index in [1.54, 1.807) is 0 Å². The van der Waals surface area contributed by atoms with E-state index in [2.05, 4.69) is 180 Å². The Bertz CT molecular complexity index is 5010. The number of hydrogen-bond donors (Lipinski definition) is 0. The molecule has 0 fully saturated rings. The van der Waals surface area contributed by atoms with Crippen molar-refractivity contribution in [3.63, 3.8) is 0 Å². The molecule has 71 heavy (non-hydrogen) atoms. The van der Waals surface area contributed by atoms with Crippen LogP contribution in [0.25, 0.3) is 159 Å². The van der Waals surface area contributed by atoms with Crippen LogP contribution < -0.4 is 0 Å². The van der Waals surface area contributed by atoms with Gasteiger partial charge in [-0.25, -0.2) is 19.9 Å². The van der Waals surface area contributed by atoms with E-state index in [9.17, 15) is 0 Å². The molecule has 0 aliphatic rings. The second-order valence-corrected chi connectivity index (χ2v) is 19.1. The Kier molecular flexibility index (Phi) is 6.43. The Morgan fingerprint density at radius 2 is 0.563 bits per heavy atom. The van der Waals surface area contributed by atoms with Crippen molar-refractivity contribution in [1.82, 2.24) is 42.4 Å². The third kappa shape index (κ3) is 4.35. The van der Waals surface area contributed by atoms with Gasteiger partial charge in [-0.3, -0.25) is 13.7 Å². The van der Waals surface area contributed by atoms with E-state index >= 15 is 0 Å². The summed E-state index contributed by atoms with van der Waals surface area (Å²) in [5.41, 5.74) is 13.7. The summed E-state index contributed by atoms with van der Waals surface area (Å²) < 4.78 is 11.9. The lowest BCUT2D eigenvalue weighted by Crippen LogP contribution is -1.99. The van der Waals surface area contributed by atoms with E-state index in [4.69, 9.17) is 19.9 Å². The van der Waals surface area contributed by atoms with E-state index in [1.807, 2.05) is 43.0 Å². The summed E-state index contributed by atoms with van der Waals surface area (Å²) in [5.74, 6) is 2.43. The number of hydrogen-bond acceptors (Lipinski definition) is 4. The zero-order valence-corrected chi connectivity index (χ0v) is 37.6. The van der Waals surface area contributed by atoms with Gasteiger partial charge in [0, 0.05) is 100 Å². The maximum Gasteiger partial charge on any atom is 0.234 e. The molecule has 0 unspecified atom stereocenters. The molecule has 0 saturated heterocycles. The van der Waals surface area contributed by atoms with Gasteiger partial charge in [0.15, 0.2) is 0 Å². The normalized spacial score (nSPS) is 12.8. The fourth-order valence-corrected chi connectivity index (χ4v) is 13.0. The average molecular weight is 904 g/mol. The molecule has 0 aliphatic carbocycles. The molecule has 326 valence electrons. The van der Waals surface area contributed by atoms with Crippen LogP contribution in [-0.2, 0) is 0 Å². The van der Waals surface area contributed by atoms with E-state index in [1.165, 1.54) is 75.7 Å². The third-order valence-corrected chi connectivity index (χ3v) is 15.7. The summed E-state index contributed by atoms with van der Waals surface area (Å²) >= 11 is 0. The number of benzene rings is 8. The first-order chi connectivity index (χ1) is 35.2. The minimum Gasteiger partial charge on any atom is -0.308 e. The molecule has 9 nitrogen and oxygen atoms in total. The fourth-order valence-electron chi connectivity index (χ4n) is 13.0. The van der Waals surface area contributed by atoms with E-state index < -0.39 is 0 Å². The van der Waals surface area contributed by atoms with Gasteiger partial charge < -0.3 is 8.80 Å². The molecular formula is C62H33N9. The summed E-state index contributed by atoms with van der Waals surface area (Å²) in [6.07, 6.45) is 7.44. The van der Waals surface area contributed by atoms with Crippen molar-refractivity contribution in [2.45, 2.75) is 0 Å². The number of pyridine rings is 2. The minimum absolute atomic E-state index is 0.631. The van der Waals surface area contributed by atoms with Gasteiger partial charge in [-0.2, -0.15) is 0 Å². The second-order valence-electron chi connectivity index (χ2n) is 19.1. The Labute approximate surface area is 400 Å². The maximum absolute atomic E-state index is 4.95. The van der Waals surface area contributed by atoms with Gasteiger partial charge in [0.05, 0.1) is 66.2 Å². The molecule has 0 bridgehead atoms. The summed E-state index contributed by atoms with van der Waals surface area (Å²) in [6, 6.07) is 64.3. The lowest BCUT2D eigenvalue weighted by Gasteiger charge is -2.07. The molecule has 0 amide bonds. The molecule has 18 rings (SSSR count). The first kappa shape index (κ1) is 36.2. The van der Waals surface area contributed by atoms with Gasteiger partial charge in [0.25, 0.3) is 0 Å². The SMILES string of the molecule is c1ccc(-n2c3ccccc3c3cc4c5cccc6c7cc8c9cc%10c%11cccc%12c%13cc%14c%15ccccc%15n(-c%15ccccn%15)c%14cc%13n(c%10cc9n(-c9ncccn9)c8cc7n(c4cc32)c56)c%12%11)nc1. The van der Waals surface area contributed by atoms with Gasteiger partial charge in [-0.15, -0.1) is 0 Å². The second kappa shape index (κ2) is 12.6. The molecule has 0 aliphatic heterocycles. The molecule has 8 aromatic carbocycles. The third-order valence-electron chi connectivity index (χ3n) is 15.7. The van der Waals surface area contributed by atoms with Gasteiger partial charge in [0.1, 0.15) is 11.6 Å². The van der Waals surface area contributed by atoms with Gasteiger partial charge in [-0.05, 0) is 91.0 Å². The zero-order chi connectivity index (χ0) is 45.8. The molecule has 9 heteroatoms. The Morgan fingerprint density at radius 1 is 0.225 bits per heavy atom. The lowest BCUT2D eigenvalue weighted by atomic mass is 10.0. The van der Waals surface area contributed by atoms with Crippen LogP contribution in [0, 0.1) is 0 Å². The van der Waals surface area contributed by atoms with Crippen LogP contribution in [-0.4, -0.2) is 42.4 Å². The molecule has 0 atom stereocenters. The molecule has 0 spiro atoms. The van der Waals surface area contributed by atoms with Gasteiger partial charge >= 0.3 is 0 Å². The molecule has 0 radical (unpaired) electrons. The predicted molar refractivity (Wildman–Crippen MR) is 290 cm³/mol. The topological polar surface area (TPSA) is 75.2 Å². The van der Waals surface area contributed by atoms with E-state index in [0.29, 0.717) is 5.95 Å². The van der Waals surface area contributed by atoms with E-state index in [0.717, 1.165) is 77.6 Å². The fraction of sp³-hybridized carbons (Fsp3) is 0. The largest absolute Gasteiger partial charge is 0.308 e. The van der Waals surface area contributed by atoms with Crippen LogP contribution in [0.3, 0.4) is 0 Å². The molecule has 10 heterocycles. The van der Waals surface area contributed by atoms with Crippen LogP contribution >= 0.6 is 0 Å². The number of fused-ring (bicyclic) bond motifs is 21. The highest BCUT2D eigenvalue weighted by atomic mass is 15.2. The molecule has 0 N–H and O–H groups in total. The minimum atomic E-state index is 0.631. The quantitative estimate of drug-likeness (QED) is 0.177. The Hall–Kier alpha value is -9.86. The monoisotopic (exact) mass is 903 g/mol. The van der Waals surface area contributed by atoms with Gasteiger partial charge in [0.2, 0.25) is 5.95 Å². The summed E-state index contributed by atoms with van der Waals surface area (Å²) in [7, 11) is 0. The Morgan fingerprint density at radius 3 is 0.972 bits per heavy atom. The van der Waals surface area contributed by atoms with Gasteiger partial charge in [-0.1, -0.05) is 84.9 Å². The van der Waals surface area contributed by atoms with Crippen molar-refractivity contribution in [1.29, 1.82) is 0 Å². The van der Waals surface area contributed by atoms with Crippen molar-refractivity contribution < 1.29 is 0 Å². The molecular weight excluding hydrogens is 871 g/mol. The van der Waals surface area contributed by atoms with Crippen LogP contribution in [0.1, 0.15) is 0 Å². The number of para-hydroxylation sites is 4. The van der Waals surface area contributed by atoms with Crippen LogP contribution in [0.4, 0.5) is 0 Å². The first-order valence-corrected chi connectivity index (χ1v) is 24.0. The van der Waals surface area contributed by atoms with Crippen molar-refractivity contribution in [3.05, 3.63) is 201 Å². The summed E-state index contributed by atoms with van der Waals surface area (Å²) in [6.45, 7) is 0. The highest BCUT2D eigenvalue weighted by Gasteiger charge is 2.26. The number of rotatable bonds is 3. The highest BCUT2D eigenvalue weighted by Crippen LogP contribution is 2.48. The maximum atomic E-state index is 4.95. The van der Waals surface area contributed by atoms with Crippen molar-refractivity contribution in [2.24, 2.45) is 0 Å². The molecule has 18 aromatic rings. The number of aromatic nitrogens is 9. The highest BCUT2D eigenvalue weighted by molar-refractivity contribution is 6.31. The van der Waals surface area contributed by atoms with Crippen LogP contribution in [0.15, 0.2) is 201 Å². The Balaban J connectivity index is 0.972. The summed E-state index contributed by atoms with van der Waals surface area (Å²) in [4.78, 5) is 19.6. The zero-order valence-electron chi connectivity index (χ0n) is 37.6. The standard InChI is InChI=1S/C62H33N9/c1-3-18-48-34(12-1)40-26-42-36-14-9-16-38-44-28-46-47-29-45-39-17-10-15-37-43-27-41-35-13-2-4-19-49(35)68(59-21-6-8-23-64-59)51(41)31-53(43)70(61(37)39)55(45)33-57(47)71(62-65-24-11-25-66-62)56(46)32-54(44)69(60(36)38)52(42)30-50(40)67(48)58-20-5-7-22-63-58/h1-33H. The molecule has 0 saturated carbocycles. The van der Waals surface area contributed by atoms with Crippen LogP contribution in [0.5, 0.6) is 0 Å². The average Bonchev–Trinajstić information content (AvgIpc) is 4.31. The lowest BCUT2D eigenvalue weighted by molar-refractivity contribution is 0.989. The predicted octanol–water partition coefficient (Wildman–Crippen LogP) is 14.9. The first-order valence-electron chi connectivity index (χ1n) is 24.0. The molecule has 10 aromatic heterocycles. The summed E-state index contributed by atoms with van der Waals surface area (Å²) in [5, 5.41) is 17.0. The van der Waals surface area contributed by atoms with Crippen molar-refractivity contribution in [3.8, 4) is 17.6 Å². The van der Waals surface area contributed by atoms with E-state index in [-0.39, 0.29) is 0 Å².